The normalized spacial score (nSPS) is 19.9. The Bertz CT molecular complexity index is 1220. The second-order valence-electron chi connectivity index (χ2n) is 9.40. The zero-order valence-corrected chi connectivity index (χ0v) is 21.8. The Morgan fingerprint density at radius 2 is 1.57 bits per heavy atom. The molecule has 2 atom stereocenters. The van der Waals surface area contributed by atoms with Crippen LogP contribution in [0.5, 0.6) is 5.75 Å². The van der Waals surface area contributed by atoms with Crippen LogP contribution in [0.3, 0.4) is 0 Å². The number of sulfonamides is 1. The lowest BCUT2D eigenvalue weighted by Crippen LogP contribution is -2.52. The molecule has 9 nitrogen and oxygen atoms in total. The van der Waals surface area contributed by atoms with Gasteiger partial charge < -0.3 is 19.9 Å². The molecule has 2 aromatic carbocycles. The summed E-state index contributed by atoms with van der Waals surface area (Å²) in [6, 6.07) is 14.2. The summed E-state index contributed by atoms with van der Waals surface area (Å²) in [6.07, 6.45) is 5.61. The quantitative estimate of drug-likeness (QED) is 0.507. The summed E-state index contributed by atoms with van der Waals surface area (Å²) >= 11 is 0. The standard InChI is InChI=1S/C27H34N4O5S/c1-36-22-10-8-21(9-11-22)30-16-18-31(19-17-30)27(33)25-5-3-2-4-24(25)26(32)29-15-14-20-6-12-23(13-7-20)37(28,34)35/h2-3,6-13,24-25H,4-5,14-19H2,1H3,(H,29,32)(H2,28,34,35). The fourth-order valence-electron chi connectivity index (χ4n) is 4.90. The van der Waals surface area contributed by atoms with Gasteiger partial charge in [-0.3, -0.25) is 9.59 Å². The minimum Gasteiger partial charge on any atom is -0.497 e. The van der Waals surface area contributed by atoms with E-state index in [0.29, 0.717) is 38.9 Å². The molecule has 0 aromatic heterocycles. The molecule has 0 bridgehead atoms. The van der Waals surface area contributed by atoms with E-state index in [-0.39, 0.29) is 22.6 Å². The predicted octanol–water partition coefficient (Wildman–Crippen LogP) is 1.93. The van der Waals surface area contributed by atoms with Gasteiger partial charge in [0.15, 0.2) is 0 Å². The molecule has 0 saturated carbocycles. The number of nitrogens with one attached hydrogen (secondary N) is 1. The molecule has 2 aromatic rings. The van der Waals surface area contributed by atoms with Gasteiger partial charge in [-0.25, -0.2) is 13.6 Å². The highest BCUT2D eigenvalue weighted by Gasteiger charge is 2.37. The van der Waals surface area contributed by atoms with E-state index in [4.69, 9.17) is 9.88 Å². The minimum absolute atomic E-state index is 0.0393. The molecule has 2 aliphatic rings. The number of amides is 2. The van der Waals surface area contributed by atoms with Crippen molar-refractivity contribution in [2.45, 2.75) is 24.2 Å². The average molecular weight is 527 g/mol. The van der Waals surface area contributed by atoms with Crippen LogP contribution >= 0.6 is 0 Å². The van der Waals surface area contributed by atoms with E-state index in [1.54, 1.807) is 19.2 Å². The Morgan fingerprint density at radius 3 is 2.16 bits per heavy atom. The third kappa shape index (κ3) is 6.69. The highest BCUT2D eigenvalue weighted by Crippen LogP contribution is 2.29. The van der Waals surface area contributed by atoms with Gasteiger partial charge in [-0.15, -0.1) is 0 Å². The van der Waals surface area contributed by atoms with E-state index in [2.05, 4.69) is 10.2 Å². The summed E-state index contributed by atoms with van der Waals surface area (Å²) < 4.78 is 28.0. The molecular weight excluding hydrogens is 492 g/mol. The number of anilines is 1. The van der Waals surface area contributed by atoms with Crippen molar-refractivity contribution in [2.24, 2.45) is 17.0 Å². The SMILES string of the molecule is COc1ccc(N2CCN(C(=O)C3CC=CCC3C(=O)NCCc3ccc(S(N)(=O)=O)cc3)CC2)cc1. The number of hydrogen-bond donors (Lipinski definition) is 2. The number of primary sulfonamides is 1. The lowest BCUT2D eigenvalue weighted by molar-refractivity contribution is -0.142. The van der Waals surface area contributed by atoms with Gasteiger partial charge in [0, 0.05) is 38.4 Å². The topological polar surface area (TPSA) is 122 Å². The second-order valence-corrected chi connectivity index (χ2v) is 11.0. The number of benzene rings is 2. The monoisotopic (exact) mass is 526 g/mol. The van der Waals surface area contributed by atoms with E-state index in [0.717, 1.165) is 30.1 Å². The number of carbonyl (C=O) groups is 2. The van der Waals surface area contributed by atoms with Crippen molar-refractivity contribution in [1.82, 2.24) is 10.2 Å². The molecule has 0 radical (unpaired) electrons. The third-order valence-electron chi connectivity index (χ3n) is 7.08. The summed E-state index contributed by atoms with van der Waals surface area (Å²) in [5.74, 6) is -0.0427. The first-order valence-electron chi connectivity index (χ1n) is 12.5. The molecular formula is C27H34N4O5S. The van der Waals surface area contributed by atoms with Gasteiger partial charge in [0.2, 0.25) is 21.8 Å². The van der Waals surface area contributed by atoms with Crippen molar-refractivity contribution in [1.29, 1.82) is 0 Å². The maximum absolute atomic E-state index is 13.4. The summed E-state index contributed by atoms with van der Waals surface area (Å²) in [5.41, 5.74) is 1.99. The Labute approximate surface area is 218 Å². The molecule has 4 rings (SSSR count). The van der Waals surface area contributed by atoms with Crippen LogP contribution < -0.4 is 20.1 Å². The van der Waals surface area contributed by atoms with Crippen LogP contribution in [0.1, 0.15) is 18.4 Å². The molecule has 1 aliphatic heterocycles. The summed E-state index contributed by atoms with van der Waals surface area (Å²) in [7, 11) is -2.09. The average Bonchev–Trinajstić information content (AvgIpc) is 2.92. The van der Waals surface area contributed by atoms with Crippen LogP contribution in [0, 0.1) is 11.8 Å². The van der Waals surface area contributed by atoms with Crippen LogP contribution in [-0.4, -0.2) is 65.0 Å². The Kier molecular flexibility index (Phi) is 8.50. The predicted molar refractivity (Wildman–Crippen MR) is 142 cm³/mol. The maximum atomic E-state index is 13.4. The van der Waals surface area contributed by atoms with Crippen LogP contribution in [0.25, 0.3) is 0 Å². The molecule has 2 unspecified atom stereocenters. The highest BCUT2D eigenvalue weighted by atomic mass is 32.2. The number of rotatable bonds is 8. The van der Waals surface area contributed by atoms with Gasteiger partial charge in [0.25, 0.3) is 0 Å². The smallest absolute Gasteiger partial charge is 0.238 e. The van der Waals surface area contributed by atoms with E-state index in [1.165, 1.54) is 12.1 Å². The zero-order chi connectivity index (χ0) is 26.4. The summed E-state index contributed by atoms with van der Waals surface area (Å²) in [4.78, 5) is 30.6. The third-order valence-corrected chi connectivity index (χ3v) is 8.01. The van der Waals surface area contributed by atoms with Crippen LogP contribution in [0.2, 0.25) is 0 Å². The lowest BCUT2D eigenvalue weighted by Gasteiger charge is -2.39. The zero-order valence-electron chi connectivity index (χ0n) is 21.0. The molecule has 0 spiro atoms. The Hall–Kier alpha value is -3.37. The number of nitrogens with zero attached hydrogens (tertiary/aromatic N) is 2. The van der Waals surface area contributed by atoms with Crippen LogP contribution in [0.15, 0.2) is 65.6 Å². The number of nitrogens with two attached hydrogens (primary N) is 1. The van der Waals surface area contributed by atoms with Gasteiger partial charge in [0.1, 0.15) is 5.75 Å². The van der Waals surface area contributed by atoms with Gasteiger partial charge in [-0.2, -0.15) is 0 Å². The minimum atomic E-state index is -3.73. The number of hydrogen-bond acceptors (Lipinski definition) is 6. The fourth-order valence-corrected chi connectivity index (χ4v) is 5.41. The number of carbonyl (C=O) groups excluding carboxylic acids is 2. The maximum Gasteiger partial charge on any atom is 0.238 e. The Morgan fingerprint density at radius 1 is 0.946 bits per heavy atom. The van der Waals surface area contributed by atoms with Crippen molar-refractivity contribution in [3.05, 3.63) is 66.2 Å². The van der Waals surface area contributed by atoms with Crippen molar-refractivity contribution in [2.75, 3.05) is 44.7 Å². The van der Waals surface area contributed by atoms with Gasteiger partial charge in [-0.05, 0) is 61.2 Å². The molecule has 3 N–H and O–H groups in total. The lowest BCUT2D eigenvalue weighted by atomic mass is 9.81. The van der Waals surface area contributed by atoms with E-state index >= 15 is 0 Å². The number of ether oxygens (including phenoxy) is 1. The molecule has 1 heterocycles. The molecule has 10 heteroatoms. The van der Waals surface area contributed by atoms with Crippen molar-refractivity contribution in [3.8, 4) is 5.75 Å². The van der Waals surface area contributed by atoms with Gasteiger partial charge >= 0.3 is 0 Å². The molecule has 1 saturated heterocycles. The second kappa shape index (κ2) is 11.8. The summed E-state index contributed by atoms with van der Waals surface area (Å²) in [6.45, 7) is 3.11. The van der Waals surface area contributed by atoms with Crippen molar-refractivity contribution >= 4 is 27.5 Å². The van der Waals surface area contributed by atoms with E-state index in [1.807, 2.05) is 41.3 Å². The first-order valence-corrected chi connectivity index (χ1v) is 14.0. The molecule has 198 valence electrons. The van der Waals surface area contributed by atoms with E-state index in [9.17, 15) is 18.0 Å². The molecule has 1 fully saturated rings. The molecule has 1 aliphatic carbocycles. The highest BCUT2D eigenvalue weighted by molar-refractivity contribution is 7.89. The van der Waals surface area contributed by atoms with Crippen molar-refractivity contribution in [3.63, 3.8) is 0 Å². The van der Waals surface area contributed by atoms with Crippen LogP contribution in [0.4, 0.5) is 5.69 Å². The van der Waals surface area contributed by atoms with Gasteiger partial charge in [0.05, 0.1) is 23.8 Å². The Balaban J connectivity index is 1.29. The first-order chi connectivity index (χ1) is 17.8. The summed E-state index contributed by atoms with van der Waals surface area (Å²) in [5, 5.41) is 8.10. The number of methoxy groups -OCH3 is 1. The van der Waals surface area contributed by atoms with Crippen LogP contribution in [-0.2, 0) is 26.0 Å². The van der Waals surface area contributed by atoms with Gasteiger partial charge in [-0.1, -0.05) is 24.3 Å². The largest absolute Gasteiger partial charge is 0.497 e. The molecule has 37 heavy (non-hydrogen) atoms. The van der Waals surface area contributed by atoms with E-state index < -0.39 is 15.9 Å². The first kappa shape index (κ1) is 26.7. The number of piperazine rings is 1. The van der Waals surface area contributed by atoms with Crippen molar-refractivity contribution < 1.29 is 22.7 Å². The molecule has 2 amide bonds. The fraction of sp³-hybridized carbons (Fsp3) is 0.407. The number of allylic oxidation sites excluding steroid dienone is 2.